The van der Waals surface area contributed by atoms with Gasteiger partial charge in [-0.15, -0.1) is 0 Å². The van der Waals surface area contributed by atoms with Gasteiger partial charge in [0.2, 0.25) is 11.8 Å². The van der Waals surface area contributed by atoms with Gasteiger partial charge < -0.3 is 25.2 Å². The summed E-state index contributed by atoms with van der Waals surface area (Å²) in [6.07, 6.45) is 2.30. The number of para-hydroxylation sites is 2. The Morgan fingerprint density at radius 2 is 1.62 bits per heavy atom. The summed E-state index contributed by atoms with van der Waals surface area (Å²) >= 11 is 0. The minimum absolute atomic E-state index is 0.191. The van der Waals surface area contributed by atoms with Crippen LogP contribution in [0.1, 0.15) is 34.0 Å². The molecule has 5 rings (SSSR count). The molecule has 40 heavy (non-hydrogen) atoms. The van der Waals surface area contributed by atoms with Crippen LogP contribution in [0.3, 0.4) is 0 Å². The highest BCUT2D eigenvalue weighted by atomic mass is 16.5. The van der Waals surface area contributed by atoms with E-state index in [0.717, 1.165) is 60.7 Å². The van der Waals surface area contributed by atoms with Gasteiger partial charge in [0, 0.05) is 49.4 Å². The number of amides is 1. The third-order valence-corrected chi connectivity index (χ3v) is 7.27. The molecule has 1 aromatic heterocycles. The van der Waals surface area contributed by atoms with Crippen LogP contribution in [0.25, 0.3) is 0 Å². The summed E-state index contributed by atoms with van der Waals surface area (Å²) in [5.74, 6) is 0.868. The number of anilines is 4. The van der Waals surface area contributed by atoms with E-state index in [4.69, 9.17) is 4.74 Å². The van der Waals surface area contributed by atoms with Gasteiger partial charge in [-0.05, 0) is 74.3 Å². The highest BCUT2D eigenvalue weighted by Crippen LogP contribution is 2.30. The summed E-state index contributed by atoms with van der Waals surface area (Å²) < 4.78 is 6.27. The fraction of sp³-hybridized carbons (Fsp3) is 0.281. The molecule has 2 heterocycles. The first-order chi connectivity index (χ1) is 19.4. The van der Waals surface area contributed by atoms with Gasteiger partial charge >= 0.3 is 0 Å². The zero-order valence-electron chi connectivity index (χ0n) is 23.6. The highest BCUT2D eigenvalue weighted by molar-refractivity contribution is 6.06. The van der Waals surface area contributed by atoms with Crippen molar-refractivity contribution in [2.24, 2.45) is 0 Å². The highest BCUT2D eigenvalue weighted by Gasteiger charge is 2.20. The molecule has 1 saturated heterocycles. The number of hydrogen-bond donors (Lipinski definition) is 2. The third kappa shape index (κ3) is 6.24. The average molecular weight is 537 g/mol. The molecule has 8 nitrogen and oxygen atoms in total. The number of likely N-dealkylation sites (N-methyl/N-ethyl adjacent to an activating group) is 1. The van der Waals surface area contributed by atoms with Crippen molar-refractivity contribution >= 4 is 28.9 Å². The number of hydrogen-bond acceptors (Lipinski definition) is 7. The molecule has 1 amide bonds. The van der Waals surface area contributed by atoms with Gasteiger partial charge in [0.15, 0.2) is 0 Å². The zero-order chi connectivity index (χ0) is 28.1. The van der Waals surface area contributed by atoms with Crippen LogP contribution in [0.4, 0.5) is 23.0 Å². The summed E-state index contributed by atoms with van der Waals surface area (Å²) in [6.45, 7) is 10.1. The first kappa shape index (κ1) is 27.1. The van der Waals surface area contributed by atoms with Crippen molar-refractivity contribution in [3.63, 3.8) is 0 Å². The SMILES string of the molecule is CCc1ccccc1Oc1nc(Nc2ccc(N3CCN(C)CC3)cc2)ncc1C(=O)Nc1c(C)cccc1C. The molecule has 0 radical (unpaired) electrons. The monoisotopic (exact) mass is 536 g/mol. The fourth-order valence-electron chi connectivity index (χ4n) is 4.80. The van der Waals surface area contributed by atoms with Crippen molar-refractivity contribution in [3.05, 3.63) is 95.2 Å². The van der Waals surface area contributed by atoms with E-state index in [1.807, 2.05) is 68.4 Å². The van der Waals surface area contributed by atoms with Crippen molar-refractivity contribution in [2.75, 3.05) is 48.8 Å². The van der Waals surface area contributed by atoms with Gasteiger partial charge in [-0.3, -0.25) is 4.79 Å². The molecule has 0 atom stereocenters. The predicted molar refractivity (Wildman–Crippen MR) is 161 cm³/mol. The van der Waals surface area contributed by atoms with Gasteiger partial charge in [-0.25, -0.2) is 4.98 Å². The maximum Gasteiger partial charge on any atom is 0.262 e. The first-order valence-corrected chi connectivity index (χ1v) is 13.7. The molecule has 1 fully saturated rings. The second-order valence-electron chi connectivity index (χ2n) is 10.2. The third-order valence-electron chi connectivity index (χ3n) is 7.27. The summed E-state index contributed by atoms with van der Waals surface area (Å²) in [4.78, 5) is 27.3. The second kappa shape index (κ2) is 12.2. The number of aromatic nitrogens is 2. The van der Waals surface area contributed by atoms with Crippen LogP contribution in [0.5, 0.6) is 11.6 Å². The molecule has 2 N–H and O–H groups in total. The van der Waals surface area contributed by atoms with Gasteiger partial charge in [0.25, 0.3) is 5.91 Å². The lowest BCUT2D eigenvalue weighted by Crippen LogP contribution is -2.44. The predicted octanol–water partition coefficient (Wildman–Crippen LogP) is 6.20. The van der Waals surface area contributed by atoms with Crippen molar-refractivity contribution in [1.29, 1.82) is 0 Å². The summed E-state index contributed by atoms with van der Waals surface area (Å²) in [5, 5.41) is 6.30. The lowest BCUT2D eigenvalue weighted by Gasteiger charge is -2.34. The summed E-state index contributed by atoms with van der Waals surface area (Å²) in [7, 11) is 2.15. The number of carbonyl (C=O) groups excluding carboxylic acids is 1. The number of ether oxygens (including phenoxy) is 1. The molecule has 3 aromatic carbocycles. The molecule has 1 aliphatic rings. The molecular formula is C32H36N6O2. The van der Waals surface area contributed by atoms with Crippen molar-refractivity contribution in [1.82, 2.24) is 14.9 Å². The molecule has 206 valence electrons. The topological polar surface area (TPSA) is 82.6 Å². The summed E-state index contributed by atoms with van der Waals surface area (Å²) in [6, 6.07) is 21.9. The van der Waals surface area contributed by atoms with E-state index >= 15 is 0 Å². The number of nitrogens with one attached hydrogen (secondary N) is 2. The maximum absolute atomic E-state index is 13.5. The molecule has 0 spiro atoms. The molecule has 0 bridgehead atoms. The fourth-order valence-corrected chi connectivity index (χ4v) is 4.80. The van der Waals surface area contributed by atoms with Crippen molar-refractivity contribution in [2.45, 2.75) is 27.2 Å². The second-order valence-corrected chi connectivity index (χ2v) is 10.2. The average Bonchev–Trinajstić information content (AvgIpc) is 2.96. The number of aryl methyl sites for hydroxylation is 3. The molecule has 0 aliphatic carbocycles. The van der Waals surface area contributed by atoms with E-state index in [-0.39, 0.29) is 17.4 Å². The molecule has 8 heteroatoms. The van der Waals surface area contributed by atoms with E-state index in [1.54, 1.807) is 0 Å². The minimum atomic E-state index is -0.329. The number of piperazine rings is 1. The molecule has 0 unspecified atom stereocenters. The Morgan fingerprint density at radius 1 is 0.925 bits per heavy atom. The summed E-state index contributed by atoms with van der Waals surface area (Å²) in [5.41, 5.74) is 6.05. The Bertz CT molecular complexity index is 1460. The van der Waals surface area contributed by atoms with E-state index in [1.165, 1.54) is 11.9 Å². The number of carbonyl (C=O) groups is 1. The van der Waals surface area contributed by atoms with Crippen LogP contribution in [0, 0.1) is 13.8 Å². The maximum atomic E-state index is 13.5. The number of rotatable bonds is 8. The van der Waals surface area contributed by atoms with E-state index < -0.39 is 0 Å². The molecule has 1 aliphatic heterocycles. The molecule has 4 aromatic rings. The first-order valence-electron chi connectivity index (χ1n) is 13.7. The van der Waals surface area contributed by atoms with Crippen LogP contribution in [0.2, 0.25) is 0 Å². The van der Waals surface area contributed by atoms with Crippen molar-refractivity contribution in [3.8, 4) is 11.6 Å². The van der Waals surface area contributed by atoms with E-state index in [2.05, 4.69) is 56.5 Å². The van der Waals surface area contributed by atoms with E-state index in [9.17, 15) is 4.79 Å². The number of benzene rings is 3. The van der Waals surface area contributed by atoms with Crippen LogP contribution in [-0.2, 0) is 6.42 Å². The Balaban J connectivity index is 1.41. The lowest BCUT2D eigenvalue weighted by atomic mass is 10.1. The minimum Gasteiger partial charge on any atom is -0.438 e. The Morgan fingerprint density at radius 3 is 2.33 bits per heavy atom. The largest absolute Gasteiger partial charge is 0.438 e. The van der Waals surface area contributed by atoms with Gasteiger partial charge in [0.05, 0.1) is 0 Å². The van der Waals surface area contributed by atoms with Crippen LogP contribution < -0.4 is 20.3 Å². The molecule has 0 saturated carbocycles. The Hall–Kier alpha value is -4.43. The quantitative estimate of drug-likeness (QED) is 0.278. The molecular weight excluding hydrogens is 500 g/mol. The normalized spacial score (nSPS) is 13.7. The lowest BCUT2D eigenvalue weighted by molar-refractivity contribution is 0.102. The Kier molecular flexibility index (Phi) is 8.26. The number of nitrogens with zero attached hydrogens (tertiary/aromatic N) is 4. The zero-order valence-corrected chi connectivity index (χ0v) is 23.6. The van der Waals surface area contributed by atoms with Crippen LogP contribution >= 0.6 is 0 Å². The van der Waals surface area contributed by atoms with Gasteiger partial charge in [-0.2, -0.15) is 4.98 Å². The van der Waals surface area contributed by atoms with Gasteiger partial charge in [-0.1, -0.05) is 43.3 Å². The standard InChI is InChI=1S/C32H36N6O2/c1-5-24-11-6-7-12-28(24)40-31-27(30(39)35-29-22(2)9-8-10-23(29)3)21-33-32(36-31)34-25-13-15-26(16-14-25)38-19-17-37(4)18-20-38/h6-16,21H,5,17-20H2,1-4H3,(H,35,39)(H,33,34,36). The van der Waals surface area contributed by atoms with Crippen molar-refractivity contribution < 1.29 is 9.53 Å². The van der Waals surface area contributed by atoms with E-state index in [0.29, 0.717) is 11.7 Å². The van der Waals surface area contributed by atoms with Crippen LogP contribution in [0.15, 0.2) is 72.9 Å². The smallest absolute Gasteiger partial charge is 0.262 e. The van der Waals surface area contributed by atoms with Crippen LogP contribution in [-0.4, -0.2) is 54.0 Å². The Labute approximate surface area is 236 Å². The van der Waals surface area contributed by atoms with Gasteiger partial charge in [0.1, 0.15) is 11.3 Å².